The number of aliphatic hydroxyl groups excluding tert-OH is 4. The van der Waals surface area contributed by atoms with Gasteiger partial charge in [0.25, 0.3) is 0 Å². The van der Waals surface area contributed by atoms with Crippen LogP contribution in [0.3, 0.4) is 0 Å². The van der Waals surface area contributed by atoms with E-state index in [1.54, 1.807) is 22.6 Å². The van der Waals surface area contributed by atoms with Crippen LogP contribution < -0.4 is 0 Å². The Labute approximate surface area is 83.1 Å². The average molecular weight is 290 g/mol. The molecule has 6 heteroatoms. The summed E-state index contributed by atoms with van der Waals surface area (Å²) in [5.74, 6) is 0. The van der Waals surface area contributed by atoms with Crippen molar-refractivity contribution in [2.45, 2.75) is 28.5 Å². The van der Waals surface area contributed by atoms with E-state index in [-0.39, 0.29) is 6.61 Å². The lowest BCUT2D eigenvalue weighted by molar-refractivity contribution is -0.201. The predicted molar refractivity (Wildman–Crippen MR) is 47.8 cm³/mol. The first-order valence-corrected chi connectivity index (χ1v) is 4.77. The van der Waals surface area contributed by atoms with Crippen LogP contribution in [0, 0.1) is 0 Å². The first-order chi connectivity index (χ1) is 5.57. The summed E-state index contributed by atoms with van der Waals surface area (Å²) >= 11 is 1.79. The maximum absolute atomic E-state index is 9.23. The highest BCUT2D eigenvalue weighted by atomic mass is 127. The van der Waals surface area contributed by atoms with Crippen LogP contribution in [0.1, 0.15) is 0 Å². The number of hydrogen-bond acceptors (Lipinski definition) is 5. The van der Waals surface area contributed by atoms with Crippen molar-refractivity contribution in [3.05, 3.63) is 0 Å². The van der Waals surface area contributed by atoms with Gasteiger partial charge in [-0.05, 0) is 22.6 Å². The van der Waals surface area contributed by atoms with Crippen molar-refractivity contribution in [3.8, 4) is 0 Å². The normalized spacial score (nSPS) is 49.2. The molecular formula is C6H11IO5. The average Bonchev–Trinajstić information content (AvgIpc) is 2.08. The van der Waals surface area contributed by atoms with E-state index in [1.165, 1.54) is 0 Å². The lowest BCUT2D eigenvalue weighted by atomic mass is 10.0. The van der Waals surface area contributed by atoms with Crippen molar-refractivity contribution >= 4 is 22.6 Å². The molecule has 72 valence electrons. The molecule has 4 N–H and O–H groups in total. The largest absolute Gasteiger partial charge is 0.394 e. The second kappa shape index (κ2) is 4.16. The van der Waals surface area contributed by atoms with E-state index in [0.717, 1.165) is 0 Å². The molecule has 0 spiro atoms. The number of hydrogen-bond donors (Lipinski definition) is 4. The van der Waals surface area contributed by atoms with Gasteiger partial charge in [-0.2, -0.15) is 0 Å². The van der Waals surface area contributed by atoms with Gasteiger partial charge in [0.2, 0.25) is 0 Å². The van der Waals surface area contributed by atoms with Crippen molar-refractivity contribution in [2.75, 3.05) is 6.61 Å². The Morgan fingerprint density at radius 1 is 1.08 bits per heavy atom. The molecule has 12 heavy (non-hydrogen) atoms. The van der Waals surface area contributed by atoms with Crippen LogP contribution in [0.15, 0.2) is 0 Å². The molecule has 1 heterocycles. The zero-order valence-electron chi connectivity index (χ0n) is 6.17. The second-order valence-electron chi connectivity index (χ2n) is 2.68. The van der Waals surface area contributed by atoms with E-state index in [2.05, 4.69) is 0 Å². The Morgan fingerprint density at radius 3 is 2.17 bits per heavy atom. The van der Waals surface area contributed by atoms with Gasteiger partial charge in [0.1, 0.15) is 28.5 Å². The van der Waals surface area contributed by atoms with Crippen LogP contribution in [0.25, 0.3) is 0 Å². The van der Waals surface area contributed by atoms with Gasteiger partial charge in [0.15, 0.2) is 0 Å². The number of aliphatic hydroxyl groups is 4. The third kappa shape index (κ3) is 1.88. The molecule has 1 fully saturated rings. The van der Waals surface area contributed by atoms with E-state index < -0.39 is 28.5 Å². The predicted octanol–water partition coefficient (Wildman–Crippen LogP) is -1.78. The van der Waals surface area contributed by atoms with Gasteiger partial charge in [0, 0.05) is 0 Å². The molecule has 0 saturated carbocycles. The Balaban J connectivity index is 2.63. The van der Waals surface area contributed by atoms with Gasteiger partial charge < -0.3 is 25.2 Å². The molecule has 0 aromatic heterocycles. The zero-order chi connectivity index (χ0) is 9.30. The maximum Gasteiger partial charge on any atom is 0.137 e. The molecule has 5 nitrogen and oxygen atoms in total. The highest BCUT2D eigenvalue weighted by Gasteiger charge is 2.42. The molecular weight excluding hydrogens is 279 g/mol. The molecule has 1 rings (SSSR count). The van der Waals surface area contributed by atoms with Crippen LogP contribution in [0.2, 0.25) is 0 Å². The Bertz CT molecular complexity index is 150. The molecule has 0 aromatic carbocycles. The summed E-state index contributed by atoms with van der Waals surface area (Å²) in [7, 11) is 0. The topological polar surface area (TPSA) is 90.2 Å². The quantitative estimate of drug-likeness (QED) is 0.339. The summed E-state index contributed by atoms with van der Waals surface area (Å²) in [6.07, 6.45) is -4.40. The summed E-state index contributed by atoms with van der Waals surface area (Å²) in [5.41, 5.74) is 0. The van der Waals surface area contributed by atoms with E-state index in [9.17, 15) is 15.3 Å². The third-order valence-electron chi connectivity index (χ3n) is 1.83. The Kier molecular flexibility index (Phi) is 3.68. The lowest BCUT2D eigenvalue weighted by Gasteiger charge is -2.37. The van der Waals surface area contributed by atoms with Gasteiger partial charge in [-0.15, -0.1) is 0 Å². The molecule has 0 bridgehead atoms. The smallest absolute Gasteiger partial charge is 0.137 e. The van der Waals surface area contributed by atoms with Crippen molar-refractivity contribution in [2.24, 2.45) is 0 Å². The molecule has 0 aliphatic carbocycles. The van der Waals surface area contributed by atoms with E-state index in [0.29, 0.717) is 0 Å². The summed E-state index contributed by atoms with van der Waals surface area (Å²) < 4.78 is 4.41. The minimum Gasteiger partial charge on any atom is -0.394 e. The lowest BCUT2D eigenvalue weighted by Crippen LogP contribution is -2.56. The molecule has 4 unspecified atom stereocenters. The standard InChI is InChI=1S/C6H11IO5/c7-6-5(11)4(10)3(9)2(1-8)12-6/h2-6,8-11H,1H2/t2?,3-,4?,5?,6?/m1/s1. The fraction of sp³-hybridized carbons (Fsp3) is 1.00. The first-order valence-electron chi connectivity index (χ1n) is 3.52. The van der Waals surface area contributed by atoms with Gasteiger partial charge in [-0.3, -0.25) is 0 Å². The fourth-order valence-electron chi connectivity index (χ4n) is 1.06. The monoisotopic (exact) mass is 290 g/mol. The molecule has 0 radical (unpaired) electrons. The minimum absolute atomic E-state index is 0.371. The zero-order valence-corrected chi connectivity index (χ0v) is 8.33. The first kappa shape index (κ1) is 10.6. The minimum atomic E-state index is -1.25. The second-order valence-corrected chi connectivity index (χ2v) is 3.91. The Hall–Kier alpha value is 0.530. The van der Waals surface area contributed by atoms with Gasteiger partial charge in [-0.25, -0.2) is 0 Å². The maximum atomic E-state index is 9.23. The number of halogens is 1. The fourth-order valence-corrected chi connectivity index (χ4v) is 1.86. The van der Waals surface area contributed by atoms with Gasteiger partial charge >= 0.3 is 0 Å². The van der Waals surface area contributed by atoms with Crippen molar-refractivity contribution < 1.29 is 25.2 Å². The highest BCUT2D eigenvalue weighted by molar-refractivity contribution is 14.1. The number of ether oxygens (including phenoxy) is 1. The highest BCUT2D eigenvalue weighted by Crippen LogP contribution is 2.24. The summed E-state index contributed by atoms with van der Waals surface area (Å²) in [6, 6.07) is 0. The Morgan fingerprint density at radius 2 is 1.67 bits per heavy atom. The van der Waals surface area contributed by atoms with Crippen molar-refractivity contribution in [3.63, 3.8) is 0 Å². The molecule has 0 amide bonds. The molecule has 1 aliphatic rings. The summed E-state index contributed by atoms with van der Waals surface area (Å²) in [6.45, 7) is -0.371. The SMILES string of the molecule is OCC1OC(I)C(O)C(O)[C@@H]1O. The number of alkyl halides is 1. The van der Waals surface area contributed by atoms with Crippen molar-refractivity contribution in [1.82, 2.24) is 0 Å². The van der Waals surface area contributed by atoms with E-state index in [4.69, 9.17) is 9.84 Å². The molecule has 0 aromatic rings. The molecule has 1 saturated heterocycles. The van der Waals surface area contributed by atoms with Crippen LogP contribution in [-0.2, 0) is 4.74 Å². The van der Waals surface area contributed by atoms with Gasteiger partial charge in [-0.1, -0.05) is 0 Å². The van der Waals surface area contributed by atoms with Gasteiger partial charge in [0.05, 0.1) is 6.61 Å². The summed E-state index contributed by atoms with van der Waals surface area (Å²) in [5, 5.41) is 36.4. The third-order valence-corrected chi connectivity index (χ3v) is 2.86. The number of rotatable bonds is 1. The van der Waals surface area contributed by atoms with Crippen LogP contribution in [-0.4, -0.2) is 55.6 Å². The van der Waals surface area contributed by atoms with Crippen molar-refractivity contribution in [1.29, 1.82) is 0 Å². The van der Waals surface area contributed by atoms with Crippen LogP contribution in [0.4, 0.5) is 0 Å². The van der Waals surface area contributed by atoms with Crippen LogP contribution in [0.5, 0.6) is 0 Å². The molecule has 5 atom stereocenters. The van der Waals surface area contributed by atoms with Crippen LogP contribution >= 0.6 is 22.6 Å². The summed E-state index contributed by atoms with van der Waals surface area (Å²) in [4.78, 5) is 0. The van der Waals surface area contributed by atoms with E-state index >= 15 is 0 Å². The van der Waals surface area contributed by atoms with E-state index in [1.807, 2.05) is 0 Å². The molecule has 1 aliphatic heterocycles.